The van der Waals surface area contributed by atoms with Crippen molar-refractivity contribution < 1.29 is 0 Å². The highest BCUT2D eigenvalue weighted by molar-refractivity contribution is 14.1. The van der Waals surface area contributed by atoms with Gasteiger partial charge in [0.05, 0.1) is 11.0 Å². The first-order chi connectivity index (χ1) is 8.17. The Morgan fingerprint density at radius 1 is 1.41 bits per heavy atom. The Hall–Kier alpha value is -0.360. The lowest BCUT2D eigenvalue weighted by molar-refractivity contribution is 0.454. The second kappa shape index (κ2) is 5.52. The van der Waals surface area contributed by atoms with Gasteiger partial charge in [-0.25, -0.2) is 0 Å². The summed E-state index contributed by atoms with van der Waals surface area (Å²) in [5.74, 6) is 0. The van der Waals surface area contributed by atoms with Crippen LogP contribution in [0.5, 0.6) is 0 Å². The summed E-state index contributed by atoms with van der Waals surface area (Å²) in [7, 11) is 0. The van der Waals surface area contributed by atoms with E-state index in [-0.39, 0.29) is 0 Å². The van der Waals surface area contributed by atoms with E-state index < -0.39 is 0 Å². The summed E-state index contributed by atoms with van der Waals surface area (Å²) in [4.78, 5) is 3.31. The molecule has 92 valence electrons. The third-order valence-electron chi connectivity index (χ3n) is 3.14. The molecule has 0 radical (unpaired) electrons. The average molecular weight is 360 g/mol. The van der Waals surface area contributed by atoms with Crippen LogP contribution in [0.4, 0.5) is 0 Å². The molecular formula is C13H17IN2S. The summed E-state index contributed by atoms with van der Waals surface area (Å²) in [6, 6.07) is 6.98. The monoisotopic (exact) mass is 360 g/mol. The number of rotatable bonds is 4. The van der Waals surface area contributed by atoms with E-state index in [0.29, 0.717) is 6.04 Å². The molecule has 0 amide bonds. The summed E-state index contributed by atoms with van der Waals surface area (Å²) in [5.41, 5.74) is 2.38. The number of H-pyrrole nitrogens is 1. The van der Waals surface area contributed by atoms with Gasteiger partial charge in [0, 0.05) is 9.61 Å². The topological polar surface area (TPSA) is 20.7 Å². The number of hydrogen-bond donors (Lipinski definition) is 1. The largest absolute Gasteiger partial charge is 0.331 e. The Morgan fingerprint density at radius 3 is 2.82 bits per heavy atom. The van der Waals surface area contributed by atoms with Gasteiger partial charge in [0.2, 0.25) is 0 Å². The molecule has 4 heteroatoms. The molecule has 2 nitrogen and oxygen atoms in total. The first-order valence-corrected chi connectivity index (χ1v) is 7.55. The molecule has 0 fully saturated rings. The fourth-order valence-electron chi connectivity index (χ4n) is 2.31. The lowest BCUT2D eigenvalue weighted by atomic mass is 10.1. The van der Waals surface area contributed by atoms with Crippen LogP contribution in [0.15, 0.2) is 18.2 Å². The Balaban J connectivity index is 2.59. The summed E-state index contributed by atoms with van der Waals surface area (Å²) < 4.78 is 4.37. The van der Waals surface area contributed by atoms with Crippen LogP contribution in [0.3, 0.4) is 0 Å². The van der Waals surface area contributed by atoms with Gasteiger partial charge >= 0.3 is 0 Å². The maximum atomic E-state index is 5.46. The molecule has 0 aliphatic rings. The Bertz CT molecular complexity index is 570. The summed E-state index contributed by atoms with van der Waals surface area (Å²) in [6.07, 6.45) is 3.50. The average Bonchev–Trinajstić information content (AvgIpc) is 2.61. The van der Waals surface area contributed by atoms with E-state index in [2.05, 4.69) is 64.2 Å². The minimum absolute atomic E-state index is 0.515. The zero-order valence-corrected chi connectivity index (χ0v) is 13.1. The molecule has 1 atom stereocenters. The molecule has 2 rings (SSSR count). The molecule has 2 aromatic rings. The highest BCUT2D eigenvalue weighted by atomic mass is 127. The standard InChI is InChI=1S/C13H17IN2S/c1-3-5-10(4-2)16-12-7-6-9(14)8-11(12)15-13(16)17/h6-8,10H,3-5H2,1-2H3,(H,15,17). The van der Waals surface area contributed by atoms with Gasteiger partial charge in [-0.1, -0.05) is 20.3 Å². The van der Waals surface area contributed by atoms with Crippen molar-refractivity contribution in [2.24, 2.45) is 0 Å². The number of nitrogens with one attached hydrogen (secondary N) is 1. The van der Waals surface area contributed by atoms with Gasteiger partial charge in [0.25, 0.3) is 0 Å². The van der Waals surface area contributed by atoms with Gasteiger partial charge in [0.15, 0.2) is 4.77 Å². The zero-order chi connectivity index (χ0) is 12.4. The summed E-state index contributed by atoms with van der Waals surface area (Å²) >= 11 is 7.79. The van der Waals surface area contributed by atoms with Crippen molar-refractivity contribution in [3.63, 3.8) is 0 Å². The van der Waals surface area contributed by atoms with Crippen molar-refractivity contribution in [3.8, 4) is 0 Å². The molecule has 1 heterocycles. The fraction of sp³-hybridized carbons (Fsp3) is 0.462. The van der Waals surface area contributed by atoms with E-state index in [0.717, 1.165) is 16.7 Å². The quantitative estimate of drug-likeness (QED) is 0.597. The van der Waals surface area contributed by atoms with Crippen molar-refractivity contribution in [2.45, 2.75) is 39.2 Å². The van der Waals surface area contributed by atoms with E-state index in [1.165, 1.54) is 21.9 Å². The van der Waals surface area contributed by atoms with Crippen LogP contribution in [0.1, 0.15) is 39.2 Å². The molecule has 1 N–H and O–H groups in total. The first kappa shape index (κ1) is 13.1. The number of benzene rings is 1. The molecule has 0 saturated carbocycles. The van der Waals surface area contributed by atoms with Crippen LogP contribution >= 0.6 is 34.8 Å². The predicted molar refractivity (Wildman–Crippen MR) is 84.1 cm³/mol. The first-order valence-electron chi connectivity index (χ1n) is 6.07. The van der Waals surface area contributed by atoms with Crippen LogP contribution in [-0.2, 0) is 0 Å². The van der Waals surface area contributed by atoms with Crippen molar-refractivity contribution in [1.82, 2.24) is 9.55 Å². The number of aromatic amines is 1. The number of imidazole rings is 1. The smallest absolute Gasteiger partial charge is 0.178 e. The zero-order valence-electron chi connectivity index (χ0n) is 10.2. The van der Waals surface area contributed by atoms with Crippen molar-refractivity contribution in [3.05, 3.63) is 26.5 Å². The van der Waals surface area contributed by atoms with E-state index in [1.807, 2.05) is 0 Å². The van der Waals surface area contributed by atoms with Crippen LogP contribution in [0.25, 0.3) is 11.0 Å². The Morgan fingerprint density at radius 2 is 2.18 bits per heavy atom. The van der Waals surface area contributed by atoms with Crippen LogP contribution in [0.2, 0.25) is 0 Å². The Labute approximate surface area is 121 Å². The van der Waals surface area contributed by atoms with Crippen LogP contribution in [0, 0.1) is 8.34 Å². The second-order valence-corrected chi connectivity index (χ2v) is 5.94. The van der Waals surface area contributed by atoms with Gasteiger partial charge in [-0.3, -0.25) is 0 Å². The van der Waals surface area contributed by atoms with Gasteiger partial charge in [-0.2, -0.15) is 0 Å². The van der Waals surface area contributed by atoms with Gasteiger partial charge in [0.1, 0.15) is 0 Å². The minimum atomic E-state index is 0.515. The molecule has 1 unspecified atom stereocenters. The maximum absolute atomic E-state index is 5.46. The fourth-order valence-corrected chi connectivity index (χ4v) is 3.16. The number of hydrogen-bond acceptors (Lipinski definition) is 1. The number of halogens is 1. The van der Waals surface area contributed by atoms with Gasteiger partial charge in [-0.05, 0) is 65.8 Å². The number of fused-ring (bicyclic) bond motifs is 1. The third-order valence-corrected chi connectivity index (χ3v) is 4.11. The Kier molecular flexibility index (Phi) is 4.25. The number of nitrogens with zero attached hydrogens (tertiary/aromatic N) is 1. The second-order valence-electron chi connectivity index (χ2n) is 4.31. The van der Waals surface area contributed by atoms with Crippen LogP contribution in [-0.4, -0.2) is 9.55 Å². The lowest BCUT2D eigenvalue weighted by Crippen LogP contribution is -2.07. The van der Waals surface area contributed by atoms with Crippen molar-refractivity contribution in [2.75, 3.05) is 0 Å². The molecule has 0 aliphatic carbocycles. The molecule has 1 aromatic heterocycles. The highest BCUT2D eigenvalue weighted by Crippen LogP contribution is 2.25. The van der Waals surface area contributed by atoms with Gasteiger partial charge < -0.3 is 9.55 Å². The summed E-state index contributed by atoms with van der Waals surface area (Å²) in [6.45, 7) is 4.46. The van der Waals surface area contributed by atoms with Crippen LogP contribution < -0.4 is 0 Å². The molecule has 0 bridgehead atoms. The summed E-state index contributed by atoms with van der Waals surface area (Å²) in [5, 5.41) is 0. The van der Waals surface area contributed by atoms with Crippen molar-refractivity contribution >= 4 is 45.8 Å². The third kappa shape index (κ3) is 2.57. The van der Waals surface area contributed by atoms with E-state index in [4.69, 9.17) is 12.2 Å². The lowest BCUT2D eigenvalue weighted by Gasteiger charge is -2.16. The SMILES string of the molecule is CCCC(CC)n1c(=S)[nH]c2cc(I)ccc21. The van der Waals surface area contributed by atoms with Gasteiger partial charge in [-0.15, -0.1) is 0 Å². The molecule has 1 aromatic carbocycles. The van der Waals surface area contributed by atoms with E-state index in [1.54, 1.807) is 0 Å². The molecule has 0 spiro atoms. The molecule has 17 heavy (non-hydrogen) atoms. The molecular weight excluding hydrogens is 343 g/mol. The maximum Gasteiger partial charge on any atom is 0.178 e. The van der Waals surface area contributed by atoms with E-state index in [9.17, 15) is 0 Å². The molecule has 0 saturated heterocycles. The highest BCUT2D eigenvalue weighted by Gasteiger charge is 2.12. The molecule has 0 aliphatic heterocycles. The van der Waals surface area contributed by atoms with Crippen molar-refractivity contribution in [1.29, 1.82) is 0 Å². The normalized spacial score (nSPS) is 13.1. The predicted octanol–water partition coefficient (Wildman–Crippen LogP) is 5.05. The number of aromatic nitrogens is 2. The minimum Gasteiger partial charge on any atom is -0.331 e. The van der Waals surface area contributed by atoms with E-state index >= 15 is 0 Å².